The summed E-state index contributed by atoms with van der Waals surface area (Å²) in [4.78, 5) is 15.8. The molecule has 0 radical (unpaired) electrons. The summed E-state index contributed by atoms with van der Waals surface area (Å²) in [5, 5.41) is 3.03. The molecule has 0 aliphatic carbocycles. The SMILES string of the molecule is O=N[Si](c1ccccc1)(c1ccccc1)c1ccccc1. The van der Waals surface area contributed by atoms with Gasteiger partial charge in [0, 0.05) is 0 Å². The quantitative estimate of drug-likeness (QED) is 0.412. The Morgan fingerprint density at radius 1 is 0.524 bits per heavy atom. The number of nitroso groups, excluding NO2 is 1. The summed E-state index contributed by atoms with van der Waals surface area (Å²) >= 11 is 0. The number of hydrogen-bond acceptors (Lipinski definition) is 2. The molecular formula is C18H15NOSi. The van der Waals surface area contributed by atoms with E-state index < -0.39 is 8.24 Å². The molecule has 3 aromatic rings. The minimum atomic E-state index is -2.83. The fourth-order valence-corrected chi connectivity index (χ4v) is 6.04. The average molecular weight is 289 g/mol. The summed E-state index contributed by atoms with van der Waals surface area (Å²) < 4.78 is 0. The first-order chi connectivity index (χ1) is 10.4. The molecule has 3 heteroatoms. The molecule has 0 heterocycles. The van der Waals surface area contributed by atoms with Crippen LogP contribution in [0.15, 0.2) is 95.8 Å². The summed E-state index contributed by atoms with van der Waals surface area (Å²) in [6, 6.07) is 29.7. The Kier molecular flexibility index (Phi) is 3.75. The lowest BCUT2D eigenvalue weighted by Crippen LogP contribution is -2.65. The lowest BCUT2D eigenvalue weighted by Gasteiger charge is -2.24. The second-order valence-corrected chi connectivity index (χ2v) is 8.24. The number of nitrogens with zero attached hydrogens (tertiary/aromatic N) is 1. The van der Waals surface area contributed by atoms with Crippen LogP contribution >= 0.6 is 0 Å². The highest BCUT2D eigenvalue weighted by molar-refractivity contribution is 7.10. The molecule has 3 rings (SSSR count). The number of rotatable bonds is 4. The third-order valence-electron chi connectivity index (χ3n) is 3.71. The van der Waals surface area contributed by atoms with Crippen molar-refractivity contribution in [1.82, 2.24) is 0 Å². The maximum Gasteiger partial charge on any atom is 0.329 e. The molecule has 21 heavy (non-hydrogen) atoms. The molecule has 0 aromatic heterocycles. The van der Waals surface area contributed by atoms with Gasteiger partial charge in [-0.3, -0.25) is 0 Å². The van der Waals surface area contributed by atoms with Gasteiger partial charge in [-0.25, -0.2) is 0 Å². The second kappa shape index (κ2) is 5.85. The standard InChI is InChI=1S/C18H15NOSi/c20-19-21(16-10-4-1-5-11-16,17-12-6-2-7-13-17)18-14-8-3-9-15-18/h1-15H. The Morgan fingerprint density at radius 3 is 1.05 bits per heavy atom. The first-order valence-corrected chi connectivity index (χ1v) is 8.84. The highest BCUT2D eigenvalue weighted by Gasteiger charge is 2.42. The van der Waals surface area contributed by atoms with Gasteiger partial charge in [0.25, 0.3) is 0 Å². The highest BCUT2D eigenvalue weighted by atomic mass is 28.3. The Hall–Kier alpha value is -2.52. The monoisotopic (exact) mass is 289 g/mol. The molecule has 0 aliphatic rings. The van der Waals surface area contributed by atoms with Crippen LogP contribution in [0.25, 0.3) is 0 Å². The molecule has 3 aromatic carbocycles. The van der Waals surface area contributed by atoms with Crippen LogP contribution in [-0.2, 0) is 0 Å². The minimum absolute atomic E-state index is 1.01. The van der Waals surface area contributed by atoms with Gasteiger partial charge in [0.1, 0.15) is 0 Å². The van der Waals surface area contributed by atoms with E-state index in [9.17, 15) is 4.91 Å². The Balaban J connectivity index is 2.31. The molecule has 0 atom stereocenters. The molecule has 0 saturated heterocycles. The van der Waals surface area contributed by atoms with Crippen LogP contribution in [0.1, 0.15) is 0 Å². The van der Waals surface area contributed by atoms with Crippen LogP contribution in [0, 0.1) is 4.91 Å². The van der Waals surface area contributed by atoms with Crippen LogP contribution in [0.4, 0.5) is 0 Å². The van der Waals surface area contributed by atoms with Crippen LogP contribution in [0.2, 0.25) is 0 Å². The van der Waals surface area contributed by atoms with Gasteiger partial charge in [-0.1, -0.05) is 91.0 Å². The van der Waals surface area contributed by atoms with Gasteiger partial charge in [0.05, 0.1) is 0 Å². The van der Waals surface area contributed by atoms with Gasteiger partial charge in [0.2, 0.25) is 0 Å². The molecule has 0 amide bonds. The van der Waals surface area contributed by atoms with Crippen molar-refractivity contribution in [1.29, 1.82) is 0 Å². The smallest absolute Gasteiger partial charge is 0.161 e. The first-order valence-electron chi connectivity index (χ1n) is 6.89. The Bertz CT molecular complexity index is 617. The van der Waals surface area contributed by atoms with E-state index in [1.165, 1.54) is 0 Å². The van der Waals surface area contributed by atoms with E-state index in [0.717, 1.165) is 15.6 Å². The highest BCUT2D eigenvalue weighted by Crippen LogP contribution is 2.08. The molecule has 0 bridgehead atoms. The molecule has 0 saturated carbocycles. The fraction of sp³-hybridized carbons (Fsp3) is 0. The predicted octanol–water partition coefficient (Wildman–Crippen LogP) is 2.42. The van der Waals surface area contributed by atoms with E-state index in [1.807, 2.05) is 91.0 Å². The maximum atomic E-state index is 12.0. The molecule has 2 nitrogen and oxygen atoms in total. The fourth-order valence-electron chi connectivity index (χ4n) is 2.70. The molecule has 102 valence electrons. The van der Waals surface area contributed by atoms with Gasteiger partial charge < -0.3 is 0 Å². The first kappa shape index (κ1) is 13.5. The summed E-state index contributed by atoms with van der Waals surface area (Å²) in [6.45, 7) is 0. The molecule has 0 N–H and O–H groups in total. The van der Waals surface area contributed by atoms with E-state index in [1.54, 1.807) is 0 Å². The second-order valence-electron chi connectivity index (χ2n) is 4.90. The van der Waals surface area contributed by atoms with E-state index in [2.05, 4.69) is 4.84 Å². The zero-order chi connectivity index (χ0) is 14.5. The zero-order valence-corrected chi connectivity index (χ0v) is 12.5. The molecule has 0 unspecified atom stereocenters. The van der Waals surface area contributed by atoms with Crippen molar-refractivity contribution in [2.24, 2.45) is 4.84 Å². The van der Waals surface area contributed by atoms with Gasteiger partial charge in [-0.2, -0.15) is 4.91 Å². The summed E-state index contributed by atoms with van der Waals surface area (Å²) in [5.41, 5.74) is 0. The predicted molar refractivity (Wildman–Crippen MR) is 89.8 cm³/mol. The Morgan fingerprint density at radius 2 is 0.810 bits per heavy atom. The van der Waals surface area contributed by atoms with Crippen molar-refractivity contribution in [3.05, 3.63) is 95.9 Å². The van der Waals surface area contributed by atoms with E-state index in [4.69, 9.17) is 0 Å². The summed E-state index contributed by atoms with van der Waals surface area (Å²) in [5.74, 6) is 0. The normalized spacial score (nSPS) is 11.0. The van der Waals surface area contributed by atoms with Crippen molar-refractivity contribution in [2.45, 2.75) is 0 Å². The number of hydrogen-bond donors (Lipinski definition) is 0. The Labute approximate surface area is 125 Å². The van der Waals surface area contributed by atoms with Crippen molar-refractivity contribution >= 4 is 23.8 Å². The van der Waals surface area contributed by atoms with Crippen molar-refractivity contribution in [3.63, 3.8) is 0 Å². The molecular weight excluding hydrogens is 274 g/mol. The molecule has 0 aliphatic heterocycles. The van der Waals surface area contributed by atoms with Crippen LogP contribution in [-0.4, -0.2) is 8.24 Å². The van der Waals surface area contributed by atoms with Crippen LogP contribution in [0.3, 0.4) is 0 Å². The zero-order valence-electron chi connectivity index (χ0n) is 11.5. The number of benzene rings is 3. The van der Waals surface area contributed by atoms with Crippen LogP contribution < -0.4 is 15.6 Å². The topological polar surface area (TPSA) is 29.4 Å². The lowest BCUT2D eigenvalue weighted by atomic mass is 10.3. The summed E-state index contributed by atoms with van der Waals surface area (Å²) in [6.07, 6.45) is 0. The van der Waals surface area contributed by atoms with Gasteiger partial charge in [-0.05, 0) is 15.6 Å². The van der Waals surface area contributed by atoms with E-state index in [-0.39, 0.29) is 0 Å². The van der Waals surface area contributed by atoms with E-state index >= 15 is 0 Å². The minimum Gasteiger partial charge on any atom is -0.161 e. The maximum absolute atomic E-state index is 12.0. The van der Waals surface area contributed by atoms with E-state index in [0.29, 0.717) is 0 Å². The largest absolute Gasteiger partial charge is 0.329 e. The van der Waals surface area contributed by atoms with Crippen molar-refractivity contribution in [2.75, 3.05) is 0 Å². The third-order valence-corrected chi connectivity index (χ3v) is 7.49. The van der Waals surface area contributed by atoms with Crippen molar-refractivity contribution in [3.8, 4) is 0 Å². The van der Waals surface area contributed by atoms with Crippen LogP contribution in [0.5, 0.6) is 0 Å². The lowest BCUT2D eigenvalue weighted by molar-refractivity contribution is 1.59. The molecule has 0 spiro atoms. The summed E-state index contributed by atoms with van der Waals surface area (Å²) in [7, 11) is -2.83. The van der Waals surface area contributed by atoms with Gasteiger partial charge in [-0.15, -0.1) is 4.84 Å². The average Bonchev–Trinajstić information content (AvgIpc) is 2.59. The van der Waals surface area contributed by atoms with Gasteiger partial charge in [0.15, 0.2) is 0 Å². The van der Waals surface area contributed by atoms with Crippen molar-refractivity contribution < 1.29 is 0 Å². The third kappa shape index (κ3) is 2.32. The van der Waals surface area contributed by atoms with Gasteiger partial charge >= 0.3 is 8.24 Å². The molecule has 0 fully saturated rings.